The Balaban J connectivity index is 2.40. The van der Waals surface area contributed by atoms with E-state index >= 15 is 0 Å². The van der Waals surface area contributed by atoms with Crippen LogP contribution in [0.25, 0.3) is 0 Å². The van der Waals surface area contributed by atoms with Crippen LogP contribution in [0, 0.1) is 13.8 Å². The van der Waals surface area contributed by atoms with Gasteiger partial charge in [-0.1, -0.05) is 24.3 Å². The molecule has 204 valence electrons. The quantitative estimate of drug-likeness (QED) is 0.470. The molecule has 0 heterocycles. The highest BCUT2D eigenvalue weighted by atomic mass is 32.2. The zero-order valence-corrected chi connectivity index (χ0v) is 20.8. The molecule has 0 aliphatic rings. The normalized spacial score (nSPS) is 13.7. The minimum atomic E-state index is -6.29. The molecule has 0 spiro atoms. The van der Waals surface area contributed by atoms with Gasteiger partial charge in [0.05, 0.1) is 16.9 Å². The average Bonchev–Trinajstić information content (AvgIpc) is 2.71. The van der Waals surface area contributed by atoms with Gasteiger partial charge in [-0.25, -0.2) is 12.8 Å². The first-order valence-corrected chi connectivity index (χ1v) is 12.6. The van der Waals surface area contributed by atoms with Crippen LogP contribution in [0.2, 0.25) is 0 Å². The standard InChI is InChI=1S/C23H23F7N2O4S/c1-12-6-5-7-16(18(12)20(34)31-14(3)11-37(4,35)36)19(33)32-17-9-8-15(10-13(17)2)21(24,22(25,26)27)23(28,29)30/h5-10,14H,11H2,1-4H3,(H,31,34)(H,32,33)/t14-/m1/s1. The van der Waals surface area contributed by atoms with Gasteiger partial charge < -0.3 is 10.6 Å². The molecule has 6 nitrogen and oxygen atoms in total. The van der Waals surface area contributed by atoms with E-state index in [1.54, 1.807) is 0 Å². The van der Waals surface area contributed by atoms with Crippen molar-refractivity contribution in [2.24, 2.45) is 0 Å². The molecule has 1 atom stereocenters. The minimum Gasteiger partial charge on any atom is -0.349 e. The van der Waals surface area contributed by atoms with Gasteiger partial charge in [0.2, 0.25) is 0 Å². The second kappa shape index (κ2) is 10.3. The predicted octanol–water partition coefficient (Wildman–Crippen LogP) is 5.01. The molecular weight excluding hydrogens is 533 g/mol. The van der Waals surface area contributed by atoms with Crippen LogP contribution in [-0.2, 0) is 15.5 Å². The molecule has 2 amide bonds. The molecule has 0 aromatic heterocycles. The van der Waals surface area contributed by atoms with Crippen LogP contribution in [0.1, 0.15) is 44.3 Å². The summed E-state index contributed by atoms with van der Waals surface area (Å²) in [5.41, 5.74) is -7.84. The highest BCUT2D eigenvalue weighted by molar-refractivity contribution is 7.90. The maximum absolute atomic E-state index is 14.4. The van der Waals surface area contributed by atoms with Gasteiger partial charge in [0, 0.05) is 23.5 Å². The first-order chi connectivity index (χ1) is 16.7. The van der Waals surface area contributed by atoms with Gasteiger partial charge in [-0.3, -0.25) is 9.59 Å². The number of amides is 2. The summed E-state index contributed by atoms with van der Waals surface area (Å²) < 4.78 is 116. The van der Waals surface area contributed by atoms with Crippen molar-refractivity contribution in [3.63, 3.8) is 0 Å². The number of aryl methyl sites for hydroxylation is 2. The molecule has 0 aliphatic carbocycles. The van der Waals surface area contributed by atoms with Crippen molar-refractivity contribution in [3.8, 4) is 0 Å². The van der Waals surface area contributed by atoms with Crippen molar-refractivity contribution in [2.45, 2.75) is 44.8 Å². The molecule has 2 aromatic rings. The first-order valence-electron chi connectivity index (χ1n) is 10.5. The van der Waals surface area contributed by atoms with Gasteiger partial charge in [-0.15, -0.1) is 0 Å². The molecule has 0 aliphatic heterocycles. The zero-order valence-electron chi connectivity index (χ0n) is 19.9. The largest absolute Gasteiger partial charge is 0.435 e. The Labute approximate surface area is 208 Å². The lowest BCUT2D eigenvalue weighted by molar-refractivity contribution is -0.348. The number of sulfone groups is 1. The Bertz CT molecular complexity index is 1290. The van der Waals surface area contributed by atoms with Crippen LogP contribution in [0.5, 0.6) is 0 Å². The first kappa shape index (κ1) is 30.1. The maximum Gasteiger partial charge on any atom is 0.435 e. The Morgan fingerprint density at radius 2 is 1.46 bits per heavy atom. The summed E-state index contributed by atoms with van der Waals surface area (Å²) in [7, 11) is -3.43. The summed E-state index contributed by atoms with van der Waals surface area (Å²) in [4.78, 5) is 25.7. The van der Waals surface area contributed by atoms with Gasteiger partial charge in [0.25, 0.3) is 11.8 Å². The predicted molar refractivity (Wildman–Crippen MR) is 122 cm³/mol. The van der Waals surface area contributed by atoms with Gasteiger partial charge in [0.1, 0.15) is 9.84 Å². The number of carbonyl (C=O) groups is 2. The summed E-state index contributed by atoms with van der Waals surface area (Å²) in [5, 5.41) is 4.76. The third-order valence-electron chi connectivity index (χ3n) is 5.33. The molecule has 0 radical (unpaired) electrons. The summed E-state index contributed by atoms with van der Waals surface area (Å²) >= 11 is 0. The molecule has 0 saturated heterocycles. The van der Waals surface area contributed by atoms with E-state index in [9.17, 15) is 48.7 Å². The highest BCUT2D eigenvalue weighted by Crippen LogP contribution is 2.53. The molecule has 0 bridgehead atoms. The number of halogens is 7. The lowest BCUT2D eigenvalue weighted by atomic mass is 9.92. The molecule has 0 fully saturated rings. The monoisotopic (exact) mass is 556 g/mol. The SMILES string of the molecule is Cc1cc(C(F)(C(F)(F)F)C(F)(F)F)ccc1NC(=O)c1cccc(C)c1C(=O)N[C@H](C)CS(C)(=O)=O. The van der Waals surface area contributed by atoms with Crippen molar-refractivity contribution < 1.29 is 48.7 Å². The number of alkyl halides is 7. The Kier molecular flexibility index (Phi) is 8.37. The van der Waals surface area contributed by atoms with Crippen LogP contribution in [0.15, 0.2) is 36.4 Å². The highest BCUT2D eigenvalue weighted by Gasteiger charge is 2.73. The van der Waals surface area contributed by atoms with E-state index in [0.717, 1.165) is 13.2 Å². The lowest BCUT2D eigenvalue weighted by Gasteiger charge is -2.30. The minimum absolute atomic E-state index is 0.119. The van der Waals surface area contributed by atoms with E-state index in [4.69, 9.17) is 0 Å². The maximum atomic E-state index is 14.4. The molecular formula is C23H23F7N2O4S. The van der Waals surface area contributed by atoms with Gasteiger partial charge in [-0.2, -0.15) is 26.3 Å². The van der Waals surface area contributed by atoms with Crippen LogP contribution >= 0.6 is 0 Å². The fraction of sp³-hybridized carbons (Fsp3) is 0.391. The number of carbonyl (C=O) groups excluding carboxylic acids is 2. The van der Waals surface area contributed by atoms with Crippen molar-refractivity contribution in [1.82, 2.24) is 5.32 Å². The number of hydrogen-bond acceptors (Lipinski definition) is 4. The van der Waals surface area contributed by atoms with Crippen molar-refractivity contribution >= 4 is 27.3 Å². The lowest BCUT2D eigenvalue weighted by Crippen LogP contribution is -2.50. The summed E-state index contributed by atoms with van der Waals surface area (Å²) in [6, 6.07) is 4.66. The van der Waals surface area contributed by atoms with E-state index < -0.39 is 51.3 Å². The number of benzene rings is 2. The zero-order chi connectivity index (χ0) is 28.6. The van der Waals surface area contributed by atoms with Crippen LogP contribution in [0.4, 0.5) is 36.4 Å². The van der Waals surface area contributed by atoms with Gasteiger partial charge >= 0.3 is 18.0 Å². The fourth-order valence-corrected chi connectivity index (χ4v) is 4.64. The number of anilines is 1. The van der Waals surface area contributed by atoms with E-state index in [1.807, 2.05) is 0 Å². The van der Waals surface area contributed by atoms with Crippen molar-refractivity contribution in [3.05, 3.63) is 64.2 Å². The molecule has 2 aromatic carbocycles. The number of nitrogens with one attached hydrogen (secondary N) is 2. The smallest absolute Gasteiger partial charge is 0.349 e. The fourth-order valence-electron chi connectivity index (χ4n) is 3.65. The van der Waals surface area contributed by atoms with Crippen LogP contribution in [-0.4, -0.2) is 50.6 Å². The summed E-state index contributed by atoms with van der Waals surface area (Å²) in [6.07, 6.45) is -11.6. The van der Waals surface area contributed by atoms with E-state index in [-0.39, 0.29) is 34.2 Å². The third-order valence-corrected chi connectivity index (χ3v) is 6.43. The third kappa shape index (κ3) is 6.59. The topological polar surface area (TPSA) is 92.3 Å². The molecule has 14 heteroatoms. The van der Waals surface area contributed by atoms with Crippen LogP contribution in [0.3, 0.4) is 0 Å². The van der Waals surface area contributed by atoms with Gasteiger partial charge in [0.15, 0.2) is 0 Å². The summed E-state index contributed by atoms with van der Waals surface area (Å²) in [6.45, 7) is 4.01. The second-order valence-electron chi connectivity index (χ2n) is 8.60. The van der Waals surface area contributed by atoms with E-state index in [2.05, 4.69) is 10.6 Å². The summed E-state index contributed by atoms with van der Waals surface area (Å²) in [5.74, 6) is -2.08. The molecule has 2 rings (SSSR count). The van der Waals surface area contributed by atoms with E-state index in [0.29, 0.717) is 17.7 Å². The average molecular weight is 557 g/mol. The van der Waals surface area contributed by atoms with Crippen molar-refractivity contribution in [2.75, 3.05) is 17.3 Å². The van der Waals surface area contributed by atoms with E-state index in [1.165, 1.54) is 32.0 Å². The number of hydrogen-bond donors (Lipinski definition) is 2. The molecule has 37 heavy (non-hydrogen) atoms. The van der Waals surface area contributed by atoms with Crippen molar-refractivity contribution in [1.29, 1.82) is 0 Å². The Hall–Kier alpha value is -3.16. The Morgan fingerprint density at radius 3 is 1.95 bits per heavy atom. The molecule has 0 unspecified atom stereocenters. The molecule has 0 saturated carbocycles. The Morgan fingerprint density at radius 1 is 0.892 bits per heavy atom. The van der Waals surface area contributed by atoms with Gasteiger partial charge in [-0.05, 0) is 44.0 Å². The number of rotatable bonds is 7. The molecule has 2 N–H and O–H groups in total. The second-order valence-corrected chi connectivity index (χ2v) is 10.8. The van der Waals surface area contributed by atoms with Crippen LogP contribution < -0.4 is 10.6 Å².